The van der Waals surface area contributed by atoms with Crippen molar-refractivity contribution < 1.29 is 14.1 Å². The van der Waals surface area contributed by atoms with Crippen LogP contribution < -0.4 is 4.90 Å². The summed E-state index contributed by atoms with van der Waals surface area (Å²) < 4.78 is 10.6. The largest absolute Gasteiger partial charge is 0.374 e. The van der Waals surface area contributed by atoms with Gasteiger partial charge in [0.25, 0.3) is 0 Å². The Morgan fingerprint density at radius 1 is 1.21 bits per heavy atom. The zero-order valence-electron chi connectivity index (χ0n) is 16.9. The second-order valence-corrected chi connectivity index (χ2v) is 7.12. The third-order valence-electron chi connectivity index (χ3n) is 5.12. The summed E-state index contributed by atoms with van der Waals surface area (Å²) in [5, 5.41) is 3.98. The number of aromatic nitrogens is 2. The maximum atomic E-state index is 12.6. The van der Waals surface area contributed by atoms with Crippen molar-refractivity contribution in [2.45, 2.75) is 26.0 Å². The molecular formula is C20H29N5O3. The second kappa shape index (κ2) is 9.77. The number of nitrogens with zero attached hydrogens (tertiary/aromatic N) is 5. The van der Waals surface area contributed by atoms with Crippen molar-refractivity contribution in [2.24, 2.45) is 0 Å². The Hall–Kier alpha value is -2.29. The summed E-state index contributed by atoms with van der Waals surface area (Å²) in [5.74, 6) is 1.28. The molecule has 2 heterocycles. The standard InChI is InChI=1S/C20H29N5O3/c1-16(27-3)20-21-18(28-22-20)14-24-10-7-11-25(13-12-24)15-19(26)23(2)17-8-5-4-6-9-17/h4-6,8-9,16H,7,10-15H2,1-3H3. The number of anilines is 1. The van der Waals surface area contributed by atoms with Crippen molar-refractivity contribution in [3.05, 3.63) is 42.0 Å². The highest BCUT2D eigenvalue weighted by molar-refractivity contribution is 5.94. The van der Waals surface area contributed by atoms with Crippen molar-refractivity contribution in [2.75, 3.05) is 51.8 Å². The van der Waals surface area contributed by atoms with Gasteiger partial charge in [-0.2, -0.15) is 4.98 Å². The van der Waals surface area contributed by atoms with E-state index in [-0.39, 0.29) is 12.0 Å². The number of carbonyl (C=O) groups is 1. The minimum absolute atomic E-state index is 0.106. The number of hydrogen-bond acceptors (Lipinski definition) is 7. The molecule has 8 nitrogen and oxygen atoms in total. The van der Waals surface area contributed by atoms with Gasteiger partial charge >= 0.3 is 0 Å². The van der Waals surface area contributed by atoms with Gasteiger partial charge in [-0.3, -0.25) is 14.6 Å². The number of carbonyl (C=O) groups excluding carboxylic acids is 1. The van der Waals surface area contributed by atoms with Crippen molar-refractivity contribution in [3.63, 3.8) is 0 Å². The Morgan fingerprint density at radius 2 is 1.93 bits per heavy atom. The summed E-state index contributed by atoms with van der Waals surface area (Å²) in [6.07, 6.45) is 0.822. The average Bonchev–Trinajstić information content (AvgIpc) is 3.08. The zero-order valence-corrected chi connectivity index (χ0v) is 16.9. The number of likely N-dealkylation sites (N-methyl/N-ethyl adjacent to an activating group) is 1. The third-order valence-corrected chi connectivity index (χ3v) is 5.12. The monoisotopic (exact) mass is 387 g/mol. The molecule has 1 saturated heterocycles. The fourth-order valence-electron chi connectivity index (χ4n) is 3.23. The van der Waals surface area contributed by atoms with Gasteiger partial charge in [0.2, 0.25) is 11.8 Å². The predicted molar refractivity (Wildman–Crippen MR) is 106 cm³/mol. The summed E-state index contributed by atoms with van der Waals surface area (Å²) in [6, 6.07) is 9.74. The number of para-hydroxylation sites is 1. The van der Waals surface area contributed by atoms with Gasteiger partial charge in [-0.05, 0) is 38.6 Å². The van der Waals surface area contributed by atoms with E-state index in [1.54, 1.807) is 12.0 Å². The smallest absolute Gasteiger partial charge is 0.240 e. The van der Waals surface area contributed by atoms with E-state index in [0.29, 0.717) is 24.8 Å². The van der Waals surface area contributed by atoms with Crippen LogP contribution in [-0.2, 0) is 16.1 Å². The third kappa shape index (κ3) is 5.37. The Bertz CT molecular complexity index is 751. The van der Waals surface area contributed by atoms with Crippen LogP contribution in [0.2, 0.25) is 0 Å². The van der Waals surface area contributed by atoms with Gasteiger partial charge in [-0.25, -0.2) is 0 Å². The lowest BCUT2D eigenvalue weighted by atomic mass is 10.3. The number of rotatable bonds is 7. The maximum Gasteiger partial charge on any atom is 0.240 e. The Labute approximate surface area is 166 Å². The number of amides is 1. The molecule has 1 aromatic carbocycles. The number of methoxy groups -OCH3 is 1. The summed E-state index contributed by atoms with van der Waals surface area (Å²) in [4.78, 5) is 23.3. The zero-order chi connectivity index (χ0) is 19.9. The van der Waals surface area contributed by atoms with E-state index < -0.39 is 0 Å². The summed E-state index contributed by atoms with van der Waals surface area (Å²) in [5.41, 5.74) is 0.918. The lowest BCUT2D eigenvalue weighted by molar-refractivity contribution is -0.119. The first-order chi connectivity index (χ1) is 13.6. The van der Waals surface area contributed by atoms with Gasteiger partial charge in [0.05, 0.1) is 13.1 Å². The van der Waals surface area contributed by atoms with E-state index in [9.17, 15) is 4.79 Å². The Morgan fingerprint density at radius 3 is 2.68 bits per heavy atom. The van der Waals surface area contributed by atoms with Gasteiger partial charge in [0, 0.05) is 32.9 Å². The average molecular weight is 387 g/mol. The first kappa shape index (κ1) is 20.4. The molecule has 1 atom stereocenters. The molecule has 2 aromatic rings. The van der Waals surface area contributed by atoms with Crippen LogP contribution in [0.4, 0.5) is 5.69 Å². The van der Waals surface area contributed by atoms with Crippen LogP contribution in [0.5, 0.6) is 0 Å². The second-order valence-electron chi connectivity index (χ2n) is 7.12. The van der Waals surface area contributed by atoms with Crippen molar-refractivity contribution in [1.29, 1.82) is 0 Å². The van der Waals surface area contributed by atoms with Crippen molar-refractivity contribution >= 4 is 11.6 Å². The van der Waals surface area contributed by atoms with Crippen LogP contribution in [0.3, 0.4) is 0 Å². The summed E-state index contributed by atoms with van der Waals surface area (Å²) >= 11 is 0. The molecule has 0 bridgehead atoms. The molecule has 0 aliphatic carbocycles. The number of hydrogen-bond donors (Lipinski definition) is 0. The minimum Gasteiger partial charge on any atom is -0.374 e. The number of benzene rings is 1. The van der Waals surface area contributed by atoms with E-state index in [1.807, 2.05) is 44.3 Å². The van der Waals surface area contributed by atoms with Crippen molar-refractivity contribution in [1.82, 2.24) is 19.9 Å². The highest BCUT2D eigenvalue weighted by atomic mass is 16.5. The molecule has 3 rings (SSSR count). The molecule has 0 N–H and O–H groups in total. The van der Waals surface area contributed by atoms with Crippen LogP contribution in [0.15, 0.2) is 34.9 Å². The first-order valence-corrected chi connectivity index (χ1v) is 9.68. The van der Waals surface area contributed by atoms with Crippen LogP contribution in [-0.4, -0.2) is 72.7 Å². The number of ether oxygens (including phenoxy) is 1. The van der Waals surface area contributed by atoms with E-state index in [0.717, 1.165) is 38.3 Å². The molecule has 8 heteroatoms. The van der Waals surface area contributed by atoms with Gasteiger partial charge < -0.3 is 14.2 Å². The van der Waals surface area contributed by atoms with E-state index in [4.69, 9.17) is 9.26 Å². The molecule has 0 radical (unpaired) electrons. The molecule has 1 fully saturated rings. The Kier molecular flexibility index (Phi) is 7.13. The van der Waals surface area contributed by atoms with Crippen LogP contribution in [0.1, 0.15) is 31.2 Å². The van der Waals surface area contributed by atoms with Gasteiger partial charge in [-0.1, -0.05) is 23.4 Å². The topological polar surface area (TPSA) is 74.9 Å². The van der Waals surface area contributed by atoms with E-state index in [2.05, 4.69) is 19.9 Å². The van der Waals surface area contributed by atoms with Gasteiger partial charge in [0.1, 0.15) is 6.10 Å². The van der Waals surface area contributed by atoms with Gasteiger partial charge in [-0.15, -0.1) is 0 Å². The molecule has 1 aliphatic heterocycles. The predicted octanol–water partition coefficient (Wildman–Crippen LogP) is 1.95. The highest BCUT2D eigenvalue weighted by Crippen LogP contribution is 2.15. The van der Waals surface area contributed by atoms with Gasteiger partial charge in [0.15, 0.2) is 5.82 Å². The highest BCUT2D eigenvalue weighted by Gasteiger charge is 2.21. The molecule has 1 amide bonds. The lowest BCUT2D eigenvalue weighted by Crippen LogP contribution is -2.40. The minimum atomic E-state index is -0.176. The molecule has 0 spiro atoms. The molecular weight excluding hydrogens is 358 g/mol. The van der Waals surface area contributed by atoms with Crippen LogP contribution in [0, 0.1) is 0 Å². The van der Waals surface area contributed by atoms with Crippen LogP contribution in [0.25, 0.3) is 0 Å². The quantitative estimate of drug-likeness (QED) is 0.719. The maximum absolute atomic E-state index is 12.6. The molecule has 1 aromatic heterocycles. The molecule has 152 valence electrons. The van der Waals surface area contributed by atoms with E-state index >= 15 is 0 Å². The normalized spacial score (nSPS) is 17.2. The van der Waals surface area contributed by atoms with Crippen molar-refractivity contribution in [3.8, 4) is 0 Å². The SMILES string of the molecule is COC(C)c1noc(CN2CCCN(CC(=O)N(C)c3ccccc3)CC2)n1. The Balaban J connectivity index is 1.49. The fraction of sp³-hybridized carbons (Fsp3) is 0.550. The molecule has 0 saturated carbocycles. The first-order valence-electron chi connectivity index (χ1n) is 9.68. The summed E-state index contributed by atoms with van der Waals surface area (Å²) in [7, 11) is 3.45. The fourth-order valence-corrected chi connectivity index (χ4v) is 3.23. The van der Waals surface area contributed by atoms with Crippen LogP contribution >= 0.6 is 0 Å². The molecule has 1 aliphatic rings. The van der Waals surface area contributed by atoms with E-state index in [1.165, 1.54) is 0 Å². The molecule has 28 heavy (non-hydrogen) atoms. The summed E-state index contributed by atoms with van der Waals surface area (Å²) in [6.45, 7) is 6.48. The lowest BCUT2D eigenvalue weighted by Gasteiger charge is -2.24. The molecule has 1 unspecified atom stereocenters.